The van der Waals surface area contributed by atoms with Crippen LogP contribution in [0.2, 0.25) is 0 Å². The average molecular weight is 479 g/mol. The zero-order valence-electron chi connectivity index (χ0n) is 18.4. The van der Waals surface area contributed by atoms with Crippen molar-refractivity contribution < 1.29 is 19.0 Å². The summed E-state index contributed by atoms with van der Waals surface area (Å²) in [5.74, 6) is 0.295. The predicted molar refractivity (Wildman–Crippen MR) is 126 cm³/mol. The highest BCUT2D eigenvalue weighted by Crippen LogP contribution is 2.38. The number of aliphatic hydroxyl groups excluding tert-OH is 1. The van der Waals surface area contributed by atoms with Crippen LogP contribution >= 0.6 is 11.3 Å². The van der Waals surface area contributed by atoms with Gasteiger partial charge in [0, 0.05) is 12.1 Å². The van der Waals surface area contributed by atoms with Gasteiger partial charge in [0.1, 0.15) is 17.3 Å². The number of nitrogens with zero attached hydrogens (tertiary/aromatic N) is 4. The first kappa shape index (κ1) is 22.2. The number of amides is 1. The highest BCUT2D eigenvalue weighted by molar-refractivity contribution is 7.12. The van der Waals surface area contributed by atoms with Crippen molar-refractivity contribution in [1.29, 1.82) is 0 Å². The summed E-state index contributed by atoms with van der Waals surface area (Å²) in [5.41, 5.74) is 2.27. The Hall–Kier alpha value is -3.56. The van der Waals surface area contributed by atoms with Gasteiger partial charge in [-0.25, -0.2) is 9.07 Å². The summed E-state index contributed by atoms with van der Waals surface area (Å²) in [6.45, 7) is 0.157. The number of carbonyl (C=O) groups excluding carboxylic acids is 1. The number of carbonyl (C=O) groups is 1. The van der Waals surface area contributed by atoms with E-state index in [1.165, 1.54) is 23.5 Å². The van der Waals surface area contributed by atoms with Crippen molar-refractivity contribution >= 4 is 17.2 Å². The minimum Gasteiger partial charge on any atom is -0.497 e. The SMILES string of the molecule is COc1ccc(C2CC(n3cc(-c4ccc(F)cc4)nn3)C(O)CN2C(=O)c2cccs2)cc1. The zero-order chi connectivity index (χ0) is 23.7. The van der Waals surface area contributed by atoms with Gasteiger partial charge >= 0.3 is 0 Å². The average Bonchev–Trinajstić information content (AvgIpc) is 3.57. The summed E-state index contributed by atoms with van der Waals surface area (Å²) in [7, 11) is 1.61. The maximum absolute atomic E-state index is 13.3. The van der Waals surface area contributed by atoms with E-state index >= 15 is 0 Å². The molecule has 2 aromatic carbocycles. The number of aliphatic hydroxyl groups is 1. The second-order valence-electron chi connectivity index (χ2n) is 8.18. The number of ether oxygens (including phenoxy) is 1. The molecule has 0 aliphatic carbocycles. The molecule has 1 saturated heterocycles. The maximum atomic E-state index is 13.3. The first-order chi connectivity index (χ1) is 16.5. The van der Waals surface area contributed by atoms with Crippen molar-refractivity contribution in [1.82, 2.24) is 19.9 Å². The van der Waals surface area contributed by atoms with Gasteiger partial charge in [0.05, 0.1) is 36.4 Å². The zero-order valence-corrected chi connectivity index (χ0v) is 19.2. The number of aromatic nitrogens is 3. The number of rotatable bonds is 5. The second-order valence-corrected chi connectivity index (χ2v) is 9.13. The molecule has 4 aromatic rings. The highest BCUT2D eigenvalue weighted by Gasteiger charge is 2.40. The molecular weight excluding hydrogens is 455 g/mol. The molecule has 9 heteroatoms. The van der Waals surface area contributed by atoms with E-state index < -0.39 is 6.10 Å². The molecule has 1 aliphatic rings. The Morgan fingerprint density at radius 3 is 2.59 bits per heavy atom. The van der Waals surface area contributed by atoms with Gasteiger partial charge in [0.2, 0.25) is 0 Å². The van der Waals surface area contributed by atoms with Crippen molar-refractivity contribution in [3.63, 3.8) is 0 Å². The van der Waals surface area contributed by atoms with Crippen LogP contribution in [0.3, 0.4) is 0 Å². The molecule has 34 heavy (non-hydrogen) atoms. The Balaban J connectivity index is 1.46. The Kier molecular flexibility index (Phi) is 6.12. The minimum absolute atomic E-state index is 0.112. The van der Waals surface area contributed by atoms with E-state index in [0.29, 0.717) is 17.0 Å². The predicted octanol–water partition coefficient (Wildman–Crippen LogP) is 4.34. The van der Waals surface area contributed by atoms with Crippen LogP contribution in [0.4, 0.5) is 4.39 Å². The molecule has 1 amide bonds. The molecule has 0 bridgehead atoms. The van der Waals surface area contributed by atoms with Gasteiger partial charge in [-0.3, -0.25) is 4.79 Å². The van der Waals surface area contributed by atoms with Crippen LogP contribution in [0, 0.1) is 5.82 Å². The number of likely N-dealkylation sites (tertiary alicyclic amines) is 1. The molecule has 5 rings (SSSR count). The lowest BCUT2D eigenvalue weighted by atomic mass is 9.89. The quantitative estimate of drug-likeness (QED) is 0.462. The molecule has 3 unspecified atom stereocenters. The summed E-state index contributed by atoms with van der Waals surface area (Å²) in [6.07, 6.45) is 1.38. The molecule has 0 radical (unpaired) electrons. The van der Waals surface area contributed by atoms with Gasteiger partial charge in [-0.2, -0.15) is 0 Å². The molecule has 1 N–H and O–H groups in total. The number of thiophene rings is 1. The van der Waals surface area contributed by atoms with Gasteiger partial charge in [-0.15, -0.1) is 16.4 Å². The minimum atomic E-state index is -0.832. The van der Waals surface area contributed by atoms with Crippen molar-refractivity contribution in [2.24, 2.45) is 0 Å². The lowest BCUT2D eigenvalue weighted by Gasteiger charge is -2.42. The molecule has 2 aromatic heterocycles. The van der Waals surface area contributed by atoms with Crippen LogP contribution in [0.5, 0.6) is 5.75 Å². The number of hydrogen-bond donors (Lipinski definition) is 1. The standard InChI is InChI=1S/C25H23FN4O3S/c1-33-19-10-6-17(7-11-19)21-13-22(23(31)15-29(21)25(32)24-3-2-12-34-24)30-14-20(27-28-30)16-4-8-18(26)9-5-16/h2-12,14,21-23,31H,13,15H2,1H3. The van der Waals surface area contributed by atoms with Crippen LogP contribution in [-0.4, -0.2) is 50.7 Å². The van der Waals surface area contributed by atoms with Crippen LogP contribution in [-0.2, 0) is 0 Å². The fourth-order valence-corrected chi connectivity index (χ4v) is 5.03. The number of β-amino-alcohol motifs (C(OH)–C–C–N with tert-alkyl or cyclic N) is 1. The summed E-state index contributed by atoms with van der Waals surface area (Å²) < 4.78 is 20.2. The highest BCUT2D eigenvalue weighted by atomic mass is 32.1. The largest absolute Gasteiger partial charge is 0.497 e. The Bertz CT molecular complexity index is 1260. The third-order valence-electron chi connectivity index (χ3n) is 6.15. The van der Waals surface area contributed by atoms with Crippen molar-refractivity contribution in [2.45, 2.75) is 24.6 Å². The van der Waals surface area contributed by atoms with Gasteiger partial charge in [-0.1, -0.05) is 23.4 Å². The van der Waals surface area contributed by atoms with E-state index in [9.17, 15) is 14.3 Å². The first-order valence-corrected chi connectivity index (χ1v) is 11.8. The number of benzene rings is 2. The van der Waals surface area contributed by atoms with E-state index in [4.69, 9.17) is 4.74 Å². The number of hydrogen-bond acceptors (Lipinski definition) is 6. The normalized spacial score (nSPS) is 20.3. The van der Waals surface area contributed by atoms with E-state index in [-0.39, 0.29) is 30.4 Å². The number of piperidine rings is 1. The van der Waals surface area contributed by atoms with Crippen LogP contribution in [0.25, 0.3) is 11.3 Å². The summed E-state index contributed by atoms with van der Waals surface area (Å²) >= 11 is 1.38. The third-order valence-corrected chi connectivity index (χ3v) is 7.01. The molecule has 3 heterocycles. The summed E-state index contributed by atoms with van der Waals surface area (Å²) in [5, 5.41) is 21.4. The van der Waals surface area contributed by atoms with E-state index in [0.717, 1.165) is 16.9 Å². The van der Waals surface area contributed by atoms with Gasteiger partial charge in [0.25, 0.3) is 5.91 Å². The van der Waals surface area contributed by atoms with Crippen LogP contribution < -0.4 is 4.74 Å². The maximum Gasteiger partial charge on any atom is 0.264 e. The Morgan fingerprint density at radius 2 is 1.91 bits per heavy atom. The molecule has 1 fully saturated rings. The second kappa shape index (κ2) is 9.36. The van der Waals surface area contributed by atoms with Crippen LogP contribution in [0.15, 0.2) is 72.2 Å². The molecule has 1 aliphatic heterocycles. The Labute approximate surface area is 200 Å². The van der Waals surface area contributed by atoms with Crippen molar-refractivity contribution in [3.05, 3.63) is 88.5 Å². The van der Waals surface area contributed by atoms with E-state index in [1.807, 2.05) is 35.7 Å². The van der Waals surface area contributed by atoms with Gasteiger partial charge in [-0.05, 0) is 59.8 Å². The molecule has 174 valence electrons. The smallest absolute Gasteiger partial charge is 0.264 e. The van der Waals surface area contributed by atoms with Crippen molar-refractivity contribution in [2.75, 3.05) is 13.7 Å². The summed E-state index contributed by atoms with van der Waals surface area (Å²) in [6, 6.07) is 16.6. The fourth-order valence-electron chi connectivity index (χ4n) is 4.35. The molecule has 0 saturated carbocycles. The number of halogens is 1. The van der Waals surface area contributed by atoms with Crippen molar-refractivity contribution in [3.8, 4) is 17.0 Å². The lowest BCUT2D eigenvalue weighted by molar-refractivity contribution is -0.00383. The molecular formula is C25H23FN4O3S. The molecule has 0 spiro atoms. The molecule has 7 nitrogen and oxygen atoms in total. The van der Waals surface area contributed by atoms with E-state index in [2.05, 4.69) is 10.3 Å². The first-order valence-electron chi connectivity index (χ1n) is 10.9. The van der Waals surface area contributed by atoms with Gasteiger partial charge < -0.3 is 14.7 Å². The summed E-state index contributed by atoms with van der Waals surface area (Å²) in [4.78, 5) is 15.7. The van der Waals surface area contributed by atoms with Crippen LogP contribution in [0.1, 0.15) is 33.7 Å². The van der Waals surface area contributed by atoms with E-state index in [1.54, 1.807) is 41.1 Å². The monoisotopic (exact) mass is 478 g/mol. The Morgan fingerprint density at radius 1 is 1.15 bits per heavy atom. The lowest BCUT2D eigenvalue weighted by Crippen LogP contribution is -2.49. The fraction of sp³-hybridized carbons (Fsp3) is 0.240. The third kappa shape index (κ3) is 4.32. The number of methoxy groups -OCH3 is 1. The topological polar surface area (TPSA) is 80.5 Å². The van der Waals surface area contributed by atoms with Gasteiger partial charge in [0.15, 0.2) is 0 Å². The molecule has 3 atom stereocenters.